The standard InChI is InChI=1S/C69H58BN5/c1-7-19-47(20-8-1)53-31-33-64-62(41-53)70-63-42-54(48-21-9-2-10-22-48)32-34-65(63)75(61-39-57(51-27-15-5-16-28-51)36-58(40-61)52-29-17-6-18-30-52)67-44-59(69-72-45-71-46-73-69)43-66(68(67)70)74(64)60-37-55(49-23-11-3-12-24-49)35-56(38-60)50-25-13-4-14-26-50/h3-6,11-18,23-48H,1-2,7-10,19-22H2. The summed E-state index contributed by atoms with van der Waals surface area (Å²) < 4.78 is 0. The molecule has 2 aliphatic carbocycles. The van der Waals surface area contributed by atoms with Crippen molar-refractivity contribution in [2.75, 3.05) is 9.80 Å². The van der Waals surface area contributed by atoms with Gasteiger partial charge in [-0.05, 0) is 170 Å². The molecule has 3 heterocycles. The van der Waals surface area contributed by atoms with Crippen molar-refractivity contribution in [2.24, 2.45) is 0 Å². The Bertz CT molecular complexity index is 3350. The number of nitrogens with zero attached hydrogens (tertiary/aromatic N) is 5. The second kappa shape index (κ2) is 19.5. The van der Waals surface area contributed by atoms with Crippen LogP contribution in [0.5, 0.6) is 0 Å². The molecule has 14 rings (SSSR count). The Morgan fingerprint density at radius 2 is 0.707 bits per heavy atom. The van der Waals surface area contributed by atoms with Gasteiger partial charge < -0.3 is 9.80 Å². The Labute approximate surface area is 441 Å². The van der Waals surface area contributed by atoms with Crippen molar-refractivity contribution in [3.8, 4) is 55.9 Å². The van der Waals surface area contributed by atoms with Crippen LogP contribution in [0.4, 0.5) is 34.1 Å². The van der Waals surface area contributed by atoms with Gasteiger partial charge in [-0.1, -0.05) is 184 Å². The third-order valence-corrected chi connectivity index (χ3v) is 16.8. The first-order valence-corrected chi connectivity index (χ1v) is 27.4. The van der Waals surface area contributed by atoms with Gasteiger partial charge >= 0.3 is 0 Å². The van der Waals surface area contributed by atoms with Crippen molar-refractivity contribution in [3.05, 3.63) is 230 Å². The number of rotatable bonds is 9. The van der Waals surface area contributed by atoms with Gasteiger partial charge in [-0.3, -0.25) is 0 Å². The van der Waals surface area contributed by atoms with E-state index in [1.807, 2.05) is 0 Å². The van der Waals surface area contributed by atoms with Crippen molar-refractivity contribution >= 4 is 57.2 Å². The van der Waals surface area contributed by atoms with Crippen molar-refractivity contribution in [1.29, 1.82) is 0 Å². The summed E-state index contributed by atoms with van der Waals surface area (Å²) in [6.45, 7) is -0.0382. The van der Waals surface area contributed by atoms with Gasteiger partial charge in [0, 0.05) is 39.7 Å². The van der Waals surface area contributed by atoms with Gasteiger partial charge in [-0.2, -0.15) is 0 Å². The van der Waals surface area contributed by atoms with Crippen molar-refractivity contribution in [2.45, 2.75) is 76.0 Å². The minimum atomic E-state index is -0.0382. The summed E-state index contributed by atoms with van der Waals surface area (Å²) in [7, 11) is 0. The summed E-state index contributed by atoms with van der Waals surface area (Å²) in [5.74, 6) is 1.73. The number of fused-ring (bicyclic) bond motifs is 4. The minimum absolute atomic E-state index is 0.0382. The van der Waals surface area contributed by atoms with E-state index < -0.39 is 0 Å². The maximum absolute atomic E-state index is 4.88. The fourth-order valence-electron chi connectivity index (χ4n) is 13.2. The molecule has 0 atom stereocenters. The minimum Gasteiger partial charge on any atom is -0.311 e. The predicted octanol–water partition coefficient (Wildman–Crippen LogP) is 16.4. The zero-order valence-corrected chi connectivity index (χ0v) is 42.3. The van der Waals surface area contributed by atoms with Crippen molar-refractivity contribution < 1.29 is 0 Å². The first-order valence-electron chi connectivity index (χ1n) is 27.4. The molecule has 75 heavy (non-hydrogen) atoms. The Balaban J connectivity index is 1.09. The monoisotopic (exact) mass is 967 g/mol. The molecule has 0 saturated heterocycles. The SMILES string of the molecule is c1ccc(-c2cc(-c3ccccc3)cc(N3c4ccc(C5CCCCC5)cc4B4c5cc(C6CCCCC6)ccc5N(c5cc(-c6ccccc6)cc(-c6ccccc6)c5)c5cc(-c6ncncn6)cc3c54)c2)cc1. The Hall–Kier alpha value is -8.35. The van der Waals surface area contributed by atoms with Crippen molar-refractivity contribution in [3.63, 3.8) is 0 Å². The average molecular weight is 968 g/mol. The zero-order valence-electron chi connectivity index (χ0n) is 42.3. The van der Waals surface area contributed by atoms with Gasteiger partial charge in [0.25, 0.3) is 6.71 Å². The molecule has 0 bridgehead atoms. The summed E-state index contributed by atoms with van der Waals surface area (Å²) >= 11 is 0. The highest BCUT2D eigenvalue weighted by Gasteiger charge is 2.45. The Kier molecular flexibility index (Phi) is 11.8. The van der Waals surface area contributed by atoms with Crippen LogP contribution in [0.1, 0.15) is 87.2 Å². The molecule has 0 spiro atoms. The molecule has 0 N–H and O–H groups in total. The highest BCUT2D eigenvalue weighted by Crippen LogP contribution is 2.49. The molecule has 0 unspecified atom stereocenters. The van der Waals surface area contributed by atoms with Gasteiger partial charge in [0.05, 0.1) is 0 Å². The molecule has 1 aromatic heterocycles. The maximum Gasteiger partial charge on any atom is 0.252 e. The number of benzene rings is 9. The van der Waals surface area contributed by atoms with Gasteiger partial charge in [-0.25, -0.2) is 15.0 Å². The smallest absolute Gasteiger partial charge is 0.252 e. The lowest BCUT2D eigenvalue weighted by molar-refractivity contribution is 0.444. The molecule has 5 nitrogen and oxygen atoms in total. The topological polar surface area (TPSA) is 45.2 Å². The highest BCUT2D eigenvalue weighted by molar-refractivity contribution is 7.00. The molecule has 2 aliphatic heterocycles. The van der Waals surface area contributed by atoms with Crippen LogP contribution < -0.4 is 26.2 Å². The largest absolute Gasteiger partial charge is 0.311 e. The summed E-state index contributed by atoms with van der Waals surface area (Å²) in [5, 5.41) is 0. The van der Waals surface area contributed by atoms with Gasteiger partial charge in [0.2, 0.25) is 0 Å². The molecule has 2 saturated carbocycles. The second-order valence-electron chi connectivity index (χ2n) is 21.3. The highest BCUT2D eigenvalue weighted by atomic mass is 15.2. The molecule has 6 heteroatoms. The summed E-state index contributed by atoms with van der Waals surface area (Å²) in [4.78, 5) is 19.2. The molecule has 0 radical (unpaired) electrons. The molecule has 0 amide bonds. The lowest BCUT2D eigenvalue weighted by Gasteiger charge is -2.45. The number of hydrogen-bond acceptors (Lipinski definition) is 5. The van der Waals surface area contributed by atoms with Crippen LogP contribution in [0.2, 0.25) is 0 Å². The van der Waals surface area contributed by atoms with E-state index in [4.69, 9.17) is 9.97 Å². The fourth-order valence-corrected chi connectivity index (χ4v) is 13.2. The van der Waals surface area contributed by atoms with Crippen LogP contribution in [0.15, 0.2) is 219 Å². The molecule has 362 valence electrons. The van der Waals surface area contributed by atoms with Crippen LogP contribution >= 0.6 is 0 Å². The molecule has 2 fully saturated rings. The fraction of sp³-hybridized carbons (Fsp3) is 0.174. The number of anilines is 6. The van der Waals surface area contributed by atoms with Crippen LogP contribution in [0, 0.1) is 0 Å². The molecule has 9 aromatic carbocycles. The summed E-state index contributed by atoms with van der Waals surface area (Å²) in [6, 6.07) is 77.8. The quantitative estimate of drug-likeness (QED) is 0.135. The van der Waals surface area contributed by atoms with Gasteiger partial charge in [0.1, 0.15) is 12.7 Å². The van der Waals surface area contributed by atoms with E-state index in [1.165, 1.54) is 148 Å². The third kappa shape index (κ3) is 8.43. The van der Waals surface area contributed by atoms with E-state index in [0.29, 0.717) is 17.7 Å². The molecule has 10 aromatic rings. The maximum atomic E-state index is 4.88. The van der Waals surface area contributed by atoms with Crippen LogP contribution in [0.3, 0.4) is 0 Å². The lowest BCUT2D eigenvalue weighted by Crippen LogP contribution is -2.61. The molecular formula is C69H58BN5. The van der Waals surface area contributed by atoms with Gasteiger partial charge in [0.15, 0.2) is 5.82 Å². The van der Waals surface area contributed by atoms with Crippen LogP contribution in [-0.2, 0) is 0 Å². The van der Waals surface area contributed by atoms with E-state index in [0.717, 1.165) is 28.3 Å². The number of aromatic nitrogens is 3. The normalized spacial score (nSPS) is 15.3. The average Bonchev–Trinajstić information content (AvgIpc) is 3.51. The Morgan fingerprint density at radius 1 is 0.333 bits per heavy atom. The Morgan fingerprint density at radius 3 is 1.08 bits per heavy atom. The van der Waals surface area contributed by atoms with Crippen LogP contribution in [0.25, 0.3) is 55.9 Å². The summed E-state index contributed by atoms with van der Waals surface area (Å²) in [5.41, 5.74) is 24.3. The lowest BCUT2D eigenvalue weighted by atomic mass is 9.33. The third-order valence-electron chi connectivity index (χ3n) is 16.8. The zero-order chi connectivity index (χ0) is 49.7. The van der Waals surface area contributed by atoms with Gasteiger partial charge in [-0.15, -0.1) is 0 Å². The first-order chi connectivity index (χ1) is 37.2. The van der Waals surface area contributed by atoms with E-state index >= 15 is 0 Å². The van der Waals surface area contributed by atoms with Crippen molar-refractivity contribution in [1.82, 2.24) is 15.0 Å². The molecular weight excluding hydrogens is 910 g/mol. The summed E-state index contributed by atoms with van der Waals surface area (Å²) in [6.07, 6.45) is 16.0. The first kappa shape index (κ1) is 45.3. The van der Waals surface area contributed by atoms with Crippen LogP contribution in [-0.4, -0.2) is 21.7 Å². The number of hydrogen-bond donors (Lipinski definition) is 0. The molecule has 4 aliphatic rings. The van der Waals surface area contributed by atoms with E-state index in [9.17, 15) is 0 Å². The van der Waals surface area contributed by atoms with E-state index in [-0.39, 0.29) is 6.71 Å². The second-order valence-corrected chi connectivity index (χ2v) is 21.3. The van der Waals surface area contributed by atoms with E-state index in [2.05, 4.69) is 221 Å². The predicted molar refractivity (Wildman–Crippen MR) is 313 cm³/mol. The van der Waals surface area contributed by atoms with E-state index in [1.54, 1.807) is 12.7 Å².